The fourth-order valence-corrected chi connectivity index (χ4v) is 2.06. The zero-order valence-corrected chi connectivity index (χ0v) is 11.7. The first kappa shape index (κ1) is 16.3. The van der Waals surface area contributed by atoms with E-state index in [9.17, 15) is 13.6 Å². The van der Waals surface area contributed by atoms with Crippen molar-refractivity contribution in [1.82, 2.24) is 0 Å². The van der Waals surface area contributed by atoms with Crippen LogP contribution < -0.4 is 0 Å². The highest BCUT2D eigenvalue weighted by molar-refractivity contribution is 5.67. The minimum absolute atomic E-state index is 0.155. The van der Waals surface area contributed by atoms with E-state index in [0.717, 1.165) is 30.9 Å². The second-order valence-corrected chi connectivity index (χ2v) is 4.74. The molecule has 2 nitrogen and oxygen atoms in total. The van der Waals surface area contributed by atoms with Crippen LogP contribution in [-0.4, -0.2) is 11.1 Å². The van der Waals surface area contributed by atoms with Crippen LogP contribution in [0.5, 0.6) is 0 Å². The van der Waals surface area contributed by atoms with Gasteiger partial charge in [-0.25, -0.2) is 8.78 Å². The first-order valence-electron chi connectivity index (χ1n) is 6.90. The number of carboxylic acid groups (broad SMARTS) is 1. The Bertz CT molecular complexity index is 481. The van der Waals surface area contributed by atoms with Crippen LogP contribution in [0, 0.1) is 11.6 Å². The van der Waals surface area contributed by atoms with E-state index in [1.54, 1.807) is 0 Å². The number of carboxylic acids is 1. The minimum atomic E-state index is -0.799. The Kier molecular flexibility index (Phi) is 6.91. The van der Waals surface area contributed by atoms with Crippen molar-refractivity contribution in [2.45, 2.75) is 45.4 Å². The highest BCUT2D eigenvalue weighted by Gasteiger charge is 2.08. The largest absolute Gasteiger partial charge is 0.481 e. The molecule has 110 valence electrons. The molecular formula is C16H20F2O2. The zero-order chi connectivity index (χ0) is 15.0. The summed E-state index contributed by atoms with van der Waals surface area (Å²) in [5.41, 5.74) is 1.30. The normalized spacial score (nSPS) is 11.7. The van der Waals surface area contributed by atoms with Gasteiger partial charge in [-0.3, -0.25) is 4.79 Å². The fourth-order valence-electron chi connectivity index (χ4n) is 2.06. The summed E-state index contributed by atoms with van der Waals surface area (Å²) in [4.78, 5) is 10.4. The van der Waals surface area contributed by atoms with Crippen molar-refractivity contribution in [3.05, 3.63) is 41.5 Å². The maximum Gasteiger partial charge on any atom is 0.303 e. The van der Waals surface area contributed by atoms with Gasteiger partial charge >= 0.3 is 5.97 Å². The van der Waals surface area contributed by atoms with Crippen LogP contribution in [0.15, 0.2) is 24.3 Å². The van der Waals surface area contributed by atoms with Gasteiger partial charge < -0.3 is 5.11 Å². The third-order valence-corrected chi connectivity index (χ3v) is 3.03. The van der Waals surface area contributed by atoms with E-state index >= 15 is 0 Å². The summed E-state index contributed by atoms with van der Waals surface area (Å²) in [5.74, 6) is -1.92. The molecule has 4 heteroatoms. The van der Waals surface area contributed by atoms with E-state index in [2.05, 4.69) is 0 Å². The van der Waals surface area contributed by atoms with Gasteiger partial charge in [0.2, 0.25) is 0 Å². The van der Waals surface area contributed by atoms with E-state index in [1.807, 2.05) is 13.0 Å². The van der Waals surface area contributed by atoms with Gasteiger partial charge in [0.15, 0.2) is 0 Å². The number of benzene rings is 1. The molecule has 0 saturated heterocycles. The fraction of sp³-hybridized carbons (Fsp3) is 0.438. The van der Waals surface area contributed by atoms with Crippen LogP contribution in [-0.2, 0) is 4.79 Å². The van der Waals surface area contributed by atoms with Crippen molar-refractivity contribution in [3.8, 4) is 0 Å². The summed E-state index contributed by atoms with van der Waals surface area (Å²) < 4.78 is 26.7. The summed E-state index contributed by atoms with van der Waals surface area (Å²) >= 11 is 0. The standard InChI is InChI=1S/C16H20F2O2/c1-2-6-12(7-4-3-5-8-16(19)20)14-10-9-13(17)11-15(14)18/h7,9-11H,2-6,8H2,1H3,(H,19,20)/b12-7+. The van der Waals surface area contributed by atoms with Gasteiger partial charge in [-0.05, 0) is 43.4 Å². The molecule has 0 saturated carbocycles. The molecule has 0 heterocycles. The molecule has 0 aromatic heterocycles. The quantitative estimate of drug-likeness (QED) is 0.696. The molecule has 1 aromatic rings. The number of halogens is 2. The van der Waals surface area contributed by atoms with Crippen LogP contribution >= 0.6 is 0 Å². The average molecular weight is 282 g/mol. The lowest BCUT2D eigenvalue weighted by Gasteiger charge is -2.08. The first-order valence-corrected chi connectivity index (χ1v) is 6.90. The van der Waals surface area contributed by atoms with Crippen molar-refractivity contribution < 1.29 is 18.7 Å². The van der Waals surface area contributed by atoms with E-state index in [1.165, 1.54) is 12.1 Å². The molecule has 0 aliphatic carbocycles. The molecule has 0 radical (unpaired) electrons. The monoisotopic (exact) mass is 282 g/mol. The Labute approximate surface area is 118 Å². The molecule has 0 aliphatic heterocycles. The Balaban J connectivity index is 2.69. The van der Waals surface area contributed by atoms with Crippen molar-refractivity contribution in [3.63, 3.8) is 0 Å². The molecule has 0 spiro atoms. The summed E-state index contributed by atoms with van der Waals surface area (Å²) in [6.07, 6.45) is 5.75. The first-order chi connectivity index (χ1) is 9.54. The van der Waals surface area contributed by atoms with Crippen molar-refractivity contribution in [1.29, 1.82) is 0 Å². The smallest absolute Gasteiger partial charge is 0.303 e. The molecule has 0 unspecified atom stereocenters. The predicted molar refractivity (Wildman–Crippen MR) is 75.3 cm³/mol. The molecule has 0 amide bonds. The molecule has 0 atom stereocenters. The van der Waals surface area contributed by atoms with Crippen LogP contribution in [0.25, 0.3) is 5.57 Å². The second kappa shape index (κ2) is 8.46. The topological polar surface area (TPSA) is 37.3 Å². The minimum Gasteiger partial charge on any atom is -0.481 e. The number of hydrogen-bond donors (Lipinski definition) is 1. The van der Waals surface area contributed by atoms with E-state index in [-0.39, 0.29) is 6.42 Å². The second-order valence-electron chi connectivity index (χ2n) is 4.74. The lowest BCUT2D eigenvalue weighted by atomic mass is 9.98. The Hall–Kier alpha value is -1.71. The van der Waals surface area contributed by atoms with Crippen molar-refractivity contribution in [2.75, 3.05) is 0 Å². The highest BCUT2D eigenvalue weighted by atomic mass is 19.1. The molecule has 20 heavy (non-hydrogen) atoms. The summed E-state index contributed by atoms with van der Waals surface area (Å²) in [7, 11) is 0. The summed E-state index contributed by atoms with van der Waals surface area (Å²) in [6, 6.07) is 3.61. The van der Waals surface area contributed by atoms with Gasteiger partial charge in [-0.15, -0.1) is 0 Å². The van der Waals surface area contributed by atoms with Crippen molar-refractivity contribution >= 4 is 11.5 Å². The van der Waals surface area contributed by atoms with Gasteiger partial charge in [-0.2, -0.15) is 0 Å². The highest BCUT2D eigenvalue weighted by Crippen LogP contribution is 2.24. The van der Waals surface area contributed by atoms with Crippen LogP contribution in [0.1, 0.15) is 51.0 Å². The SMILES string of the molecule is CCC/C(=C\CCCCC(=O)O)c1ccc(F)cc1F. The van der Waals surface area contributed by atoms with Crippen LogP contribution in [0.3, 0.4) is 0 Å². The Morgan fingerprint density at radius 2 is 2.00 bits per heavy atom. The Morgan fingerprint density at radius 1 is 1.25 bits per heavy atom. The summed E-state index contributed by atoms with van der Waals surface area (Å²) in [5, 5.41) is 8.55. The number of hydrogen-bond acceptors (Lipinski definition) is 1. The van der Waals surface area contributed by atoms with Gasteiger partial charge in [-0.1, -0.05) is 19.4 Å². The molecule has 0 bridgehead atoms. The van der Waals surface area contributed by atoms with Crippen LogP contribution in [0.4, 0.5) is 8.78 Å². The predicted octanol–water partition coefficient (Wildman–Crippen LogP) is 4.79. The number of rotatable bonds is 8. The third kappa shape index (κ3) is 5.51. The molecule has 1 aromatic carbocycles. The zero-order valence-electron chi connectivity index (χ0n) is 11.7. The molecule has 1 N–H and O–H groups in total. The number of carbonyl (C=O) groups is 1. The van der Waals surface area contributed by atoms with Crippen molar-refractivity contribution in [2.24, 2.45) is 0 Å². The summed E-state index contributed by atoms with van der Waals surface area (Å²) in [6.45, 7) is 2.00. The maximum absolute atomic E-state index is 13.7. The Morgan fingerprint density at radius 3 is 2.60 bits per heavy atom. The number of unbranched alkanes of at least 4 members (excludes halogenated alkanes) is 2. The van der Waals surface area contributed by atoms with Gasteiger partial charge in [0.25, 0.3) is 0 Å². The lowest BCUT2D eigenvalue weighted by Crippen LogP contribution is -1.94. The lowest BCUT2D eigenvalue weighted by molar-refractivity contribution is -0.137. The van der Waals surface area contributed by atoms with Crippen LogP contribution in [0.2, 0.25) is 0 Å². The number of allylic oxidation sites excluding steroid dienone is 2. The average Bonchev–Trinajstić information content (AvgIpc) is 2.37. The molecular weight excluding hydrogens is 262 g/mol. The molecule has 1 rings (SSSR count). The van der Waals surface area contributed by atoms with Gasteiger partial charge in [0, 0.05) is 18.1 Å². The molecule has 0 fully saturated rings. The maximum atomic E-state index is 13.7. The van der Waals surface area contributed by atoms with E-state index in [0.29, 0.717) is 18.4 Å². The van der Waals surface area contributed by atoms with Gasteiger partial charge in [0.1, 0.15) is 11.6 Å². The van der Waals surface area contributed by atoms with E-state index in [4.69, 9.17) is 5.11 Å². The van der Waals surface area contributed by atoms with E-state index < -0.39 is 17.6 Å². The third-order valence-electron chi connectivity index (χ3n) is 3.03. The number of aliphatic carboxylic acids is 1. The van der Waals surface area contributed by atoms with Gasteiger partial charge in [0.05, 0.1) is 0 Å². The molecule has 0 aliphatic rings.